The van der Waals surface area contributed by atoms with E-state index in [-0.39, 0.29) is 0 Å². The predicted octanol–water partition coefficient (Wildman–Crippen LogP) is 3.80. The second-order valence-corrected chi connectivity index (χ2v) is 2.74. The van der Waals surface area contributed by atoms with Crippen LogP contribution in [0.2, 0.25) is 0 Å². The van der Waals surface area contributed by atoms with E-state index < -0.39 is 12.3 Å². The van der Waals surface area contributed by atoms with Gasteiger partial charge in [0.15, 0.2) is 0 Å². The maximum Gasteiger partial charge on any atom is 0.244 e. The molecule has 0 rings (SSSR count). The highest BCUT2D eigenvalue weighted by Crippen LogP contribution is 2.18. The van der Waals surface area contributed by atoms with Gasteiger partial charge in [0, 0.05) is 5.92 Å². The van der Waals surface area contributed by atoms with Gasteiger partial charge in [-0.2, -0.15) is 0 Å². The van der Waals surface area contributed by atoms with Crippen molar-refractivity contribution in [2.45, 2.75) is 32.6 Å². The van der Waals surface area contributed by atoms with Crippen LogP contribution in [0.15, 0.2) is 24.8 Å². The van der Waals surface area contributed by atoms with Crippen molar-refractivity contribution in [3.05, 3.63) is 24.8 Å². The van der Waals surface area contributed by atoms with Crippen molar-refractivity contribution in [1.29, 1.82) is 0 Å². The number of hydrogen-bond acceptors (Lipinski definition) is 0. The van der Waals surface area contributed by atoms with E-state index in [1.165, 1.54) is 0 Å². The van der Waals surface area contributed by atoms with Gasteiger partial charge in [-0.1, -0.05) is 18.2 Å². The molecule has 0 aliphatic heterocycles. The van der Waals surface area contributed by atoms with Gasteiger partial charge in [0.25, 0.3) is 0 Å². The summed E-state index contributed by atoms with van der Waals surface area (Å²) in [5.74, 6) is -0.574. The molecule has 1 atom stereocenters. The molecule has 0 saturated carbocycles. The van der Waals surface area contributed by atoms with Crippen LogP contribution in [0, 0.1) is 5.92 Å². The van der Waals surface area contributed by atoms with Crippen LogP contribution < -0.4 is 0 Å². The maximum absolute atomic E-state index is 12.2. The van der Waals surface area contributed by atoms with Crippen LogP contribution in [0.3, 0.4) is 0 Å². The predicted molar refractivity (Wildman–Crippen MR) is 48.4 cm³/mol. The Morgan fingerprint density at radius 2 is 2.08 bits per heavy atom. The van der Waals surface area contributed by atoms with Gasteiger partial charge in [-0.3, -0.25) is 0 Å². The first-order chi connectivity index (χ1) is 5.72. The smallest absolute Gasteiger partial charge is 0.210 e. The van der Waals surface area contributed by atoms with E-state index >= 15 is 0 Å². The Morgan fingerprint density at radius 3 is 2.50 bits per heavy atom. The van der Waals surface area contributed by atoms with Crippen LogP contribution >= 0.6 is 0 Å². The van der Waals surface area contributed by atoms with Crippen LogP contribution in [0.5, 0.6) is 0 Å². The molecule has 0 N–H and O–H groups in total. The van der Waals surface area contributed by atoms with Crippen LogP contribution in [0.4, 0.5) is 8.78 Å². The highest BCUT2D eigenvalue weighted by Gasteiger charge is 2.15. The van der Waals surface area contributed by atoms with Gasteiger partial charge in [-0.25, -0.2) is 8.78 Å². The molecule has 0 aliphatic rings. The molecule has 70 valence electrons. The van der Waals surface area contributed by atoms with Crippen molar-refractivity contribution in [1.82, 2.24) is 0 Å². The molecule has 1 unspecified atom stereocenters. The Morgan fingerprint density at radius 1 is 1.42 bits per heavy atom. The van der Waals surface area contributed by atoms with Gasteiger partial charge >= 0.3 is 0 Å². The third-order valence-electron chi connectivity index (χ3n) is 1.71. The standard InChI is InChI=1S/C10H16F2/c1-3-5-6-8-9(7-4-2)10(11)12/h3-4,7,9-10H,1,5-6,8H2,2H3/b7-4+. The minimum atomic E-state index is -2.23. The second-order valence-electron chi connectivity index (χ2n) is 2.74. The van der Waals surface area contributed by atoms with Crippen LogP contribution in [0.25, 0.3) is 0 Å². The molecule has 0 heterocycles. The number of hydrogen-bond donors (Lipinski definition) is 0. The molecule has 0 nitrogen and oxygen atoms in total. The molecule has 0 fully saturated rings. The fourth-order valence-corrected chi connectivity index (χ4v) is 1.05. The summed E-state index contributed by atoms with van der Waals surface area (Å²) in [7, 11) is 0. The molecule has 0 aromatic carbocycles. The van der Waals surface area contributed by atoms with Crippen LogP contribution in [-0.2, 0) is 0 Å². The molecular formula is C10H16F2. The zero-order valence-electron chi connectivity index (χ0n) is 7.47. The molecule has 2 heteroatoms. The monoisotopic (exact) mass is 174 g/mol. The number of alkyl halides is 2. The van der Waals surface area contributed by atoms with Crippen LogP contribution in [-0.4, -0.2) is 6.43 Å². The third-order valence-corrected chi connectivity index (χ3v) is 1.71. The quantitative estimate of drug-likeness (QED) is 0.424. The van der Waals surface area contributed by atoms with Gasteiger partial charge in [0.1, 0.15) is 0 Å². The van der Waals surface area contributed by atoms with Crippen molar-refractivity contribution in [2.75, 3.05) is 0 Å². The minimum absolute atomic E-state index is 0.550. The maximum atomic E-state index is 12.2. The van der Waals surface area contributed by atoms with E-state index in [0.29, 0.717) is 6.42 Å². The summed E-state index contributed by atoms with van der Waals surface area (Å²) < 4.78 is 24.5. The summed E-state index contributed by atoms with van der Waals surface area (Å²) in [5.41, 5.74) is 0. The molecule has 0 bridgehead atoms. The topological polar surface area (TPSA) is 0 Å². The fourth-order valence-electron chi connectivity index (χ4n) is 1.05. The Balaban J connectivity index is 3.71. The highest BCUT2D eigenvalue weighted by molar-refractivity contribution is 4.87. The Hall–Kier alpha value is -0.660. The summed E-state index contributed by atoms with van der Waals surface area (Å²) in [4.78, 5) is 0. The minimum Gasteiger partial charge on any atom is -0.210 e. The lowest BCUT2D eigenvalue weighted by atomic mass is 10.0. The molecule has 12 heavy (non-hydrogen) atoms. The number of unbranched alkanes of at least 4 members (excludes halogenated alkanes) is 1. The summed E-state index contributed by atoms with van der Waals surface area (Å²) in [6.07, 6.45) is 4.96. The van der Waals surface area contributed by atoms with Gasteiger partial charge in [-0.15, -0.1) is 6.58 Å². The summed E-state index contributed by atoms with van der Waals surface area (Å²) in [6.45, 7) is 5.31. The molecule has 0 aromatic rings. The molecular weight excluding hydrogens is 158 g/mol. The lowest BCUT2D eigenvalue weighted by Crippen LogP contribution is -2.07. The Bertz CT molecular complexity index is 139. The Labute approximate surface area is 73.0 Å². The molecule has 0 spiro atoms. The lowest BCUT2D eigenvalue weighted by Gasteiger charge is -2.09. The van der Waals surface area contributed by atoms with Gasteiger partial charge in [0.2, 0.25) is 6.43 Å². The van der Waals surface area contributed by atoms with Gasteiger partial charge < -0.3 is 0 Å². The van der Waals surface area contributed by atoms with E-state index in [1.54, 1.807) is 25.2 Å². The zero-order chi connectivity index (χ0) is 9.40. The molecule has 0 amide bonds. The van der Waals surface area contributed by atoms with Crippen LogP contribution in [0.1, 0.15) is 26.2 Å². The summed E-state index contributed by atoms with van der Waals surface area (Å²) >= 11 is 0. The van der Waals surface area contributed by atoms with E-state index in [4.69, 9.17) is 0 Å². The number of allylic oxidation sites excluding steroid dienone is 3. The van der Waals surface area contributed by atoms with Crippen molar-refractivity contribution in [3.8, 4) is 0 Å². The molecule has 0 radical (unpaired) electrons. The number of rotatable bonds is 6. The van der Waals surface area contributed by atoms with Crippen molar-refractivity contribution >= 4 is 0 Å². The average Bonchev–Trinajstić information content (AvgIpc) is 2.03. The first-order valence-corrected chi connectivity index (χ1v) is 4.24. The van der Waals surface area contributed by atoms with E-state index in [2.05, 4.69) is 6.58 Å². The zero-order valence-corrected chi connectivity index (χ0v) is 7.47. The van der Waals surface area contributed by atoms with E-state index in [9.17, 15) is 8.78 Å². The molecule has 0 saturated heterocycles. The van der Waals surface area contributed by atoms with E-state index in [0.717, 1.165) is 12.8 Å². The first-order valence-electron chi connectivity index (χ1n) is 4.24. The fraction of sp³-hybridized carbons (Fsp3) is 0.600. The molecule has 0 aromatic heterocycles. The average molecular weight is 174 g/mol. The van der Waals surface area contributed by atoms with Gasteiger partial charge in [-0.05, 0) is 26.2 Å². The van der Waals surface area contributed by atoms with Crippen molar-refractivity contribution < 1.29 is 8.78 Å². The molecule has 0 aliphatic carbocycles. The largest absolute Gasteiger partial charge is 0.244 e. The lowest BCUT2D eigenvalue weighted by molar-refractivity contribution is 0.0949. The second kappa shape index (κ2) is 7.01. The first kappa shape index (κ1) is 11.3. The summed E-state index contributed by atoms with van der Waals surface area (Å²) in [6, 6.07) is 0. The van der Waals surface area contributed by atoms with Crippen molar-refractivity contribution in [2.24, 2.45) is 5.92 Å². The van der Waals surface area contributed by atoms with Gasteiger partial charge in [0.05, 0.1) is 0 Å². The summed E-state index contributed by atoms with van der Waals surface area (Å²) in [5, 5.41) is 0. The normalized spacial score (nSPS) is 14.0. The Kier molecular flexibility index (Phi) is 6.63. The number of halogens is 2. The highest BCUT2D eigenvalue weighted by atomic mass is 19.3. The third kappa shape index (κ3) is 5.05. The van der Waals surface area contributed by atoms with E-state index in [1.807, 2.05) is 0 Å². The van der Waals surface area contributed by atoms with Crippen molar-refractivity contribution in [3.63, 3.8) is 0 Å². The SMILES string of the molecule is C=CCCCC(/C=C/C)C(F)F.